The lowest BCUT2D eigenvalue weighted by atomic mass is 9.77. The van der Waals surface area contributed by atoms with E-state index in [-0.39, 0.29) is 21.1 Å². The van der Waals surface area contributed by atoms with Crippen LogP contribution in [0.25, 0.3) is 156 Å². The smallest absolute Gasteiger partial charge is 0.456 e. The van der Waals surface area contributed by atoms with Crippen molar-refractivity contribution in [3.8, 4) is 68.3 Å². The quantitative estimate of drug-likeness (QED) is 0.135. The SMILES string of the molecule is C.CC1(C)OB(c2cc(-n3c4ccccc4c4ccccc43)cc3c2oc2ccccc23)OC1(C)C.Clc1nc(-c2ccccc2)nc(-c2ccccc2)n1.[B].c1ccc(-c2nc(-c3ccccc3)nc(-c3cc(-n4c5ccccc5c5ccccc54)cc4c3oc3ccccc34)n2)cc1. The predicted octanol–water partition coefficient (Wildman–Crippen LogP) is 21.0. The molecule has 6 aromatic heterocycles. The molecule has 1 aliphatic heterocycles. The molecule has 1 saturated heterocycles. The van der Waals surface area contributed by atoms with Crippen LogP contribution in [0.2, 0.25) is 5.28 Å². The maximum Gasteiger partial charge on any atom is 0.498 e. The topological polar surface area (TPSA) is 132 Å². The van der Waals surface area contributed by atoms with Gasteiger partial charge in [-0.3, -0.25) is 0 Å². The van der Waals surface area contributed by atoms with Crippen LogP contribution in [0.4, 0.5) is 0 Å². The molecule has 0 amide bonds. The van der Waals surface area contributed by atoms with Crippen LogP contribution in [-0.2, 0) is 9.31 Å². The molecule has 0 saturated carbocycles. The van der Waals surface area contributed by atoms with Crippen LogP contribution in [0.5, 0.6) is 0 Å². The third-order valence-corrected chi connectivity index (χ3v) is 18.9. The van der Waals surface area contributed by atoms with E-state index in [0.717, 1.165) is 99.6 Å². The minimum atomic E-state index is -0.531. The molecule has 19 rings (SSSR count). The second-order valence-electron chi connectivity index (χ2n) is 25.3. The summed E-state index contributed by atoms with van der Waals surface area (Å²) in [5, 5.41) is 9.29. The summed E-state index contributed by atoms with van der Waals surface area (Å²) in [5.41, 5.74) is 14.5. The molecule has 3 radical (unpaired) electrons. The zero-order valence-corrected chi connectivity index (χ0v) is 55.2. The monoisotopic (exact) mass is 1320 g/mol. The second kappa shape index (κ2) is 26.2. The van der Waals surface area contributed by atoms with Crippen molar-refractivity contribution < 1.29 is 18.1 Å². The molecule has 12 nitrogen and oxygen atoms in total. The molecule has 0 atom stereocenters. The molecular weight excluding hydrogens is 1250 g/mol. The number of para-hydroxylation sites is 6. The number of halogens is 1. The highest BCUT2D eigenvalue weighted by Gasteiger charge is 2.52. The van der Waals surface area contributed by atoms with Gasteiger partial charge in [0.2, 0.25) is 5.28 Å². The number of rotatable bonds is 8. The van der Waals surface area contributed by atoms with E-state index in [1.807, 2.05) is 152 Å². The average molecular weight is 1320 g/mol. The first kappa shape index (κ1) is 64.2. The standard InChI is InChI=1S/C39H24N4O.C30H26BNO3.C15H10ClN3.CH4.B/c1-3-13-25(14-4-1)37-40-38(26-15-5-2-6-16-26)42-39(41-37)32-24-27(23-31-30-19-9-12-22-35(30)44-36(31)32)43-33-20-10-7-17-28(33)29-18-8-11-21-34(29)43;1-29(2)30(3,4)35-31(34-29)24-18-19(17-23-22-13-7-10-16-27(22)33-28(23)24)32-25-14-8-5-11-20(25)21-12-6-9-15-26(21)32;16-15-18-13(11-7-3-1-4-8-11)17-14(19-15)12-9-5-2-6-10-12;;/h1-24H;5-18H,1-4H3;1-10H;1H4;. The van der Waals surface area contributed by atoms with Crippen LogP contribution in [-0.4, -0.2) is 65.8 Å². The van der Waals surface area contributed by atoms with Gasteiger partial charge >= 0.3 is 7.12 Å². The van der Waals surface area contributed by atoms with E-state index in [1.165, 1.54) is 32.6 Å². The van der Waals surface area contributed by atoms with Gasteiger partial charge in [0.15, 0.2) is 29.1 Å². The lowest BCUT2D eigenvalue weighted by molar-refractivity contribution is 0.00578. The van der Waals surface area contributed by atoms with Gasteiger partial charge in [0.05, 0.1) is 38.8 Å². The molecule has 0 bridgehead atoms. The van der Waals surface area contributed by atoms with Gasteiger partial charge in [-0.05, 0) is 100.0 Å². The molecular formula is C85H64B2ClN8O4. The van der Waals surface area contributed by atoms with Crippen molar-refractivity contribution >= 4 is 120 Å². The van der Waals surface area contributed by atoms with Crippen molar-refractivity contribution in [2.24, 2.45) is 0 Å². The highest BCUT2D eigenvalue weighted by Crippen LogP contribution is 2.43. The Bertz CT molecular complexity index is 5820. The third-order valence-electron chi connectivity index (χ3n) is 18.8. The van der Waals surface area contributed by atoms with Crippen molar-refractivity contribution in [2.45, 2.75) is 46.3 Å². The number of hydrogen-bond donors (Lipinski definition) is 0. The van der Waals surface area contributed by atoms with Gasteiger partial charge in [-0.25, -0.2) is 19.9 Å². The summed E-state index contributed by atoms with van der Waals surface area (Å²) in [7, 11) is -0.531. The van der Waals surface area contributed by atoms with Crippen LogP contribution in [0.1, 0.15) is 35.1 Å². The van der Waals surface area contributed by atoms with Crippen molar-refractivity contribution in [1.82, 2.24) is 39.0 Å². The summed E-state index contributed by atoms with van der Waals surface area (Å²) in [6, 6.07) is 98.9. The summed E-state index contributed by atoms with van der Waals surface area (Å²) in [6.07, 6.45) is 0. The number of fused-ring (bicyclic) bond motifs is 12. The highest BCUT2D eigenvalue weighted by atomic mass is 35.5. The van der Waals surface area contributed by atoms with Crippen LogP contribution >= 0.6 is 11.6 Å². The molecule has 481 valence electrons. The van der Waals surface area contributed by atoms with Crippen molar-refractivity contribution in [3.05, 3.63) is 296 Å². The Hall–Kier alpha value is -11.8. The van der Waals surface area contributed by atoms with E-state index in [2.05, 4.69) is 191 Å². The summed E-state index contributed by atoms with van der Waals surface area (Å²) in [5.74, 6) is 2.95. The Morgan fingerprint density at radius 1 is 0.320 bits per heavy atom. The predicted molar refractivity (Wildman–Crippen MR) is 410 cm³/mol. The molecule has 15 heteroatoms. The van der Waals surface area contributed by atoms with Gasteiger partial charge in [0, 0.05) is 90.6 Å². The molecule has 1 aliphatic rings. The van der Waals surface area contributed by atoms with Crippen LogP contribution < -0.4 is 5.46 Å². The fourth-order valence-corrected chi connectivity index (χ4v) is 13.5. The number of aromatic nitrogens is 8. The van der Waals surface area contributed by atoms with Crippen molar-refractivity contribution in [3.63, 3.8) is 0 Å². The zero-order valence-electron chi connectivity index (χ0n) is 54.5. The first-order chi connectivity index (χ1) is 48.0. The van der Waals surface area contributed by atoms with Gasteiger partial charge in [-0.15, -0.1) is 0 Å². The molecule has 12 aromatic carbocycles. The normalized spacial score (nSPS) is 13.2. The van der Waals surface area contributed by atoms with Crippen molar-refractivity contribution in [1.29, 1.82) is 0 Å². The van der Waals surface area contributed by atoms with Crippen LogP contribution in [0.15, 0.2) is 300 Å². The maximum atomic E-state index is 6.57. The second-order valence-corrected chi connectivity index (χ2v) is 25.7. The van der Waals surface area contributed by atoms with Gasteiger partial charge in [0.1, 0.15) is 22.3 Å². The molecule has 7 heterocycles. The first-order valence-corrected chi connectivity index (χ1v) is 33.0. The highest BCUT2D eigenvalue weighted by molar-refractivity contribution is 6.65. The summed E-state index contributed by atoms with van der Waals surface area (Å²) >= 11 is 5.99. The number of furan rings is 2. The minimum Gasteiger partial charge on any atom is -0.456 e. The summed E-state index contributed by atoms with van der Waals surface area (Å²) < 4.78 is 30.7. The molecule has 0 N–H and O–H groups in total. The number of nitrogens with zero attached hydrogens (tertiary/aromatic N) is 8. The minimum absolute atomic E-state index is 0. The van der Waals surface area contributed by atoms with E-state index >= 15 is 0 Å². The lowest BCUT2D eigenvalue weighted by Gasteiger charge is -2.32. The molecule has 18 aromatic rings. The maximum absolute atomic E-state index is 6.57. The van der Waals surface area contributed by atoms with Crippen LogP contribution in [0, 0.1) is 0 Å². The molecule has 100 heavy (non-hydrogen) atoms. The van der Waals surface area contributed by atoms with Crippen LogP contribution in [0.3, 0.4) is 0 Å². The fraction of sp³-hybridized carbons (Fsp3) is 0.0824. The summed E-state index contributed by atoms with van der Waals surface area (Å²) in [4.78, 5) is 27.9. The lowest BCUT2D eigenvalue weighted by Crippen LogP contribution is -2.41. The largest absolute Gasteiger partial charge is 0.498 e. The molecule has 0 aliphatic carbocycles. The number of benzene rings is 12. The van der Waals surface area contributed by atoms with E-state index in [9.17, 15) is 0 Å². The Morgan fingerprint density at radius 2 is 0.620 bits per heavy atom. The van der Waals surface area contributed by atoms with E-state index in [0.29, 0.717) is 29.1 Å². The summed E-state index contributed by atoms with van der Waals surface area (Å²) in [6.45, 7) is 8.33. The molecule has 1 fully saturated rings. The Kier molecular flexibility index (Phi) is 16.8. The van der Waals surface area contributed by atoms with E-state index < -0.39 is 18.3 Å². The molecule has 0 spiro atoms. The van der Waals surface area contributed by atoms with E-state index in [4.69, 9.17) is 44.7 Å². The van der Waals surface area contributed by atoms with Gasteiger partial charge in [-0.2, -0.15) is 9.97 Å². The van der Waals surface area contributed by atoms with Crippen molar-refractivity contribution in [2.75, 3.05) is 0 Å². The number of hydrogen-bond acceptors (Lipinski definition) is 10. The molecule has 0 unspecified atom stereocenters. The van der Waals surface area contributed by atoms with Gasteiger partial charge < -0.3 is 27.3 Å². The van der Waals surface area contributed by atoms with E-state index in [1.54, 1.807) is 0 Å². The third kappa shape index (κ3) is 11.5. The first-order valence-electron chi connectivity index (χ1n) is 32.6. The Labute approximate surface area is 584 Å². The fourth-order valence-electron chi connectivity index (χ4n) is 13.3. The van der Waals surface area contributed by atoms with Gasteiger partial charge in [0.25, 0.3) is 0 Å². The average Bonchev–Trinajstić information content (AvgIpc) is 1.65. The Morgan fingerprint density at radius 3 is 1.01 bits per heavy atom. The zero-order chi connectivity index (χ0) is 66.1. The van der Waals surface area contributed by atoms with Gasteiger partial charge in [-0.1, -0.05) is 238 Å². The Balaban J connectivity index is 0.000000130.